The van der Waals surface area contributed by atoms with Gasteiger partial charge in [-0.15, -0.1) is 0 Å². The highest BCUT2D eigenvalue weighted by Gasteiger charge is 2.49. The maximum absolute atomic E-state index is 13.3. The molecule has 0 aromatic heterocycles. The largest absolute Gasteiger partial charge is 0.353 e. The van der Waals surface area contributed by atoms with Crippen molar-refractivity contribution in [1.29, 1.82) is 0 Å². The number of carbonyl (C=O) groups excluding carboxylic acids is 2. The van der Waals surface area contributed by atoms with E-state index < -0.39 is 16.1 Å². The monoisotopic (exact) mass is 370 g/mol. The van der Waals surface area contributed by atoms with E-state index in [9.17, 15) is 18.0 Å². The average molecular weight is 370 g/mol. The van der Waals surface area contributed by atoms with Gasteiger partial charge in [-0.05, 0) is 25.0 Å². The van der Waals surface area contributed by atoms with Crippen molar-refractivity contribution < 1.29 is 18.0 Å². The van der Waals surface area contributed by atoms with E-state index in [1.807, 2.05) is 0 Å². The standard InChI is InChI=1S/C19H18N2O4S/c22-18(13-6-2-1-3-7-13)15-8-4-5-9-17(15)26(24,25)21-14-10-11-16(21)19(23)20-12-14/h1-9,14,16H,10-12H2,(H,20,23)/t14-,16+/m0/s1. The Kier molecular flexibility index (Phi) is 4.13. The van der Waals surface area contributed by atoms with Crippen LogP contribution in [0.3, 0.4) is 0 Å². The Hall–Kier alpha value is -2.51. The molecule has 4 rings (SSSR count). The number of ketones is 1. The molecular weight excluding hydrogens is 352 g/mol. The first-order valence-electron chi connectivity index (χ1n) is 8.50. The number of carbonyl (C=O) groups is 2. The van der Waals surface area contributed by atoms with Crippen molar-refractivity contribution in [3.05, 3.63) is 65.7 Å². The molecular formula is C19H18N2O4S. The SMILES string of the molecule is O=C(c1ccccc1)c1ccccc1S(=O)(=O)N1[C@H]2CC[C@@H]1C(=O)NC2. The normalized spacial score (nSPS) is 22.8. The number of hydrogen-bond acceptors (Lipinski definition) is 4. The fraction of sp³-hybridized carbons (Fsp3) is 0.263. The zero-order valence-electron chi connectivity index (χ0n) is 14.0. The van der Waals surface area contributed by atoms with Gasteiger partial charge >= 0.3 is 0 Å². The van der Waals surface area contributed by atoms with Crippen LogP contribution in [0.2, 0.25) is 0 Å². The second kappa shape index (κ2) is 6.34. The van der Waals surface area contributed by atoms with Crippen molar-refractivity contribution in [1.82, 2.24) is 9.62 Å². The van der Waals surface area contributed by atoms with Gasteiger partial charge in [0.15, 0.2) is 5.78 Å². The van der Waals surface area contributed by atoms with E-state index in [0.29, 0.717) is 24.9 Å². The van der Waals surface area contributed by atoms with Crippen LogP contribution in [0.1, 0.15) is 28.8 Å². The fourth-order valence-corrected chi connectivity index (χ4v) is 5.76. The van der Waals surface area contributed by atoms with Crippen LogP contribution in [0, 0.1) is 0 Å². The predicted octanol–water partition coefficient (Wildman–Crippen LogP) is 1.57. The topological polar surface area (TPSA) is 83.6 Å². The van der Waals surface area contributed by atoms with Gasteiger partial charge in [0, 0.05) is 23.7 Å². The summed E-state index contributed by atoms with van der Waals surface area (Å²) in [5, 5.41) is 2.75. The molecule has 134 valence electrons. The Morgan fingerprint density at radius 1 is 1.00 bits per heavy atom. The third-order valence-electron chi connectivity index (χ3n) is 4.98. The zero-order chi connectivity index (χ0) is 18.3. The Morgan fingerprint density at radius 3 is 2.46 bits per heavy atom. The molecule has 2 aromatic carbocycles. The van der Waals surface area contributed by atoms with Gasteiger partial charge in [0.05, 0.1) is 4.90 Å². The lowest BCUT2D eigenvalue weighted by atomic mass is 10.0. The van der Waals surface area contributed by atoms with Gasteiger partial charge in [-0.3, -0.25) is 9.59 Å². The second-order valence-electron chi connectivity index (χ2n) is 6.52. The highest BCUT2D eigenvalue weighted by molar-refractivity contribution is 7.89. The molecule has 2 aromatic rings. The van der Waals surface area contributed by atoms with Crippen molar-refractivity contribution in [3.8, 4) is 0 Å². The molecule has 0 radical (unpaired) electrons. The van der Waals surface area contributed by atoms with Crippen LogP contribution in [0.15, 0.2) is 59.5 Å². The number of nitrogens with zero attached hydrogens (tertiary/aromatic N) is 1. The molecule has 0 spiro atoms. The minimum Gasteiger partial charge on any atom is -0.353 e. The summed E-state index contributed by atoms with van der Waals surface area (Å²) in [5.41, 5.74) is 0.554. The quantitative estimate of drug-likeness (QED) is 0.828. The first kappa shape index (κ1) is 16.9. The van der Waals surface area contributed by atoms with E-state index >= 15 is 0 Å². The molecule has 7 heteroatoms. The number of amides is 1. The van der Waals surface area contributed by atoms with Gasteiger partial charge < -0.3 is 5.32 Å². The molecule has 2 aliphatic rings. The number of rotatable bonds is 4. The summed E-state index contributed by atoms with van der Waals surface area (Å²) < 4.78 is 28.0. The summed E-state index contributed by atoms with van der Waals surface area (Å²) in [4.78, 5) is 24.9. The third-order valence-corrected chi connectivity index (χ3v) is 7.00. The van der Waals surface area contributed by atoms with E-state index in [1.165, 1.54) is 16.4 Å². The van der Waals surface area contributed by atoms with Crippen LogP contribution in [0.4, 0.5) is 0 Å². The number of benzene rings is 2. The molecule has 6 nitrogen and oxygen atoms in total. The van der Waals surface area contributed by atoms with Crippen LogP contribution in [-0.2, 0) is 14.8 Å². The molecule has 2 atom stereocenters. The van der Waals surface area contributed by atoms with Crippen LogP contribution in [0.25, 0.3) is 0 Å². The van der Waals surface area contributed by atoms with Crippen molar-refractivity contribution in [2.45, 2.75) is 29.8 Å². The Balaban J connectivity index is 1.79. The van der Waals surface area contributed by atoms with Crippen molar-refractivity contribution in [2.24, 2.45) is 0 Å². The maximum Gasteiger partial charge on any atom is 0.244 e. The lowest BCUT2D eigenvalue weighted by Gasteiger charge is -2.33. The van der Waals surface area contributed by atoms with Crippen molar-refractivity contribution in [2.75, 3.05) is 6.54 Å². The molecule has 1 N–H and O–H groups in total. The zero-order valence-corrected chi connectivity index (χ0v) is 14.8. The van der Waals surface area contributed by atoms with E-state index in [0.717, 1.165) is 0 Å². The van der Waals surface area contributed by atoms with E-state index in [-0.39, 0.29) is 28.2 Å². The Bertz CT molecular complexity index is 972. The smallest absolute Gasteiger partial charge is 0.244 e. The summed E-state index contributed by atoms with van der Waals surface area (Å²) in [6.45, 7) is 0.309. The van der Waals surface area contributed by atoms with Gasteiger partial charge in [0.1, 0.15) is 6.04 Å². The van der Waals surface area contributed by atoms with E-state index in [2.05, 4.69) is 5.32 Å². The summed E-state index contributed by atoms with van der Waals surface area (Å²) in [6.07, 6.45) is 1.14. The van der Waals surface area contributed by atoms with E-state index in [1.54, 1.807) is 42.5 Å². The van der Waals surface area contributed by atoms with Gasteiger partial charge in [-0.25, -0.2) is 8.42 Å². The molecule has 2 bridgehead atoms. The summed E-state index contributed by atoms with van der Waals surface area (Å²) in [7, 11) is -3.96. The molecule has 1 amide bonds. The highest BCUT2D eigenvalue weighted by Crippen LogP contribution is 2.34. The Labute approximate surface area is 151 Å². The number of piperazine rings is 1. The third kappa shape index (κ3) is 2.64. The molecule has 0 unspecified atom stereocenters. The van der Waals surface area contributed by atoms with Crippen LogP contribution in [-0.4, -0.2) is 43.0 Å². The van der Waals surface area contributed by atoms with Crippen LogP contribution < -0.4 is 5.32 Å². The molecule has 0 saturated carbocycles. The summed E-state index contributed by atoms with van der Waals surface area (Å²) in [5.74, 6) is -0.618. The minimum atomic E-state index is -3.96. The minimum absolute atomic E-state index is 0.0412. The number of nitrogens with one attached hydrogen (secondary N) is 1. The van der Waals surface area contributed by atoms with Crippen molar-refractivity contribution >= 4 is 21.7 Å². The lowest BCUT2D eigenvalue weighted by Crippen LogP contribution is -2.57. The van der Waals surface area contributed by atoms with Crippen LogP contribution in [0.5, 0.6) is 0 Å². The molecule has 0 aliphatic carbocycles. The molecule has 2 heterocycles. The summed E-state index contributed by atoms with van der Waals surface area (Å²) >= 11 is 0. The molecule has 2 fully saturated rings. The van der Waals surface area contributed by atoms with Gasteiger partial charge in [0.25, 0.3) is 0 Å². The predicted molar refractivity (Wildman–Crippen MR) is 95.2 cm³/mol. The van der Waals surface area contributed by atoms with E-state index in [4.69, 9.17) is 0 Å². The number of fused-ring (bicyclic) bond motifs is 2. The van der Waals surface area contributed by atoms with Gasteiger partial charge in [-0.1, -0.05) is 42.5 Å². The van der Waals surface area contributed by atoms with Gasteiger partial charge in [0.2, 0.25) is 15.9 Å². The first-order valence-corrected chi connectivity index (χ1v) is 9.94. The lowest BCUT2D eigenvalue weighted by molar-refractivity contribution is -0.126. The maximum atomic E-state index is 13.3. The molecule has 2 aliphatic heterocycles. The first-order chi connectivity index (χ1) is 12.5. The number of hydrogen-bond donors (Lipinski definition) is 1. The Morgan fingerprint density at radius 2 is 1.69 bits per heavy atom. The second-order valence-corrected chi connectivity index (χ2v) is 8.33. The van der Waals surface area contributed by atoms with Crippen LogP contribution >= 0.6 is 0 Å². The van der Waals surface area contributed by atoms with Crippen molar-refractivity contribution in [3.63, 3.8) is 0 Å². The molecule has 26 heavy (non-hydrogen) atoms. The number of sulfonamides is 1. The average Bonchev–Trinajstić information content (AvgIpc) is 3.03. The highest BCUT2D eigenvalue weighted by atomic mass is 32.2. The summed E-state index contributed by atoms with van der Waals surface area (Å²) in [6, 6.07) is 13.8. The van der Waals surface area contributed by atoms with Gasteiger partial charge in [-0.2, -0.15) is 4.31 Å². The molecule has 2 saturated heterocycles. The fourth-order valence-electron chi connectivity index (χ4n) is 3.74.